The maximum absolute atomic E-state index is 13.2. The van der Waals surface area contributed by atoms with E-state index in [0.717, 1.165) is 17.5 Å². The van der Waals surface area contributed by atoms with E-state index in [1.807, 2.05) is 36.4 Å². The SMILES string of the molecule is CCCOCCOCC(COCC(=O)Nc1cccc2c1CN(C1CCC(=O)NC1=O)C2=O)N(Cc1ccccc1)Cc1ccccc1. The molecule has 0 aromatic heterocycles. The number of carbonyl (C=O) groups excluding carboxylic acids is 4. The third kappa shape index (κ3) is 9.57. The maximum Gasteiger partial charge on any atom is 0.255 e. The quantitative estimate of drug-likeness (QED) is 0.156. The van der Waals surface area contributed by atoms with Gasteiger partial charge in [0, 0.05) is 49.5 Å². The molecule has 11 nitrogen and oxygen atoms in total. The van der Waals surface area contributed by atoms with Gasteiger partial charge in [-0.25, -0.2) is 0 Å². The van der Waals surface area contributed by atoms with Crippen molar-refractivity contribution in [1.29, 1.82) is 0 Å². The molecular weight excluding hydrogens is 612 g/mol. The zero-order valence-electron chi connectivity index (χ0n) is 27.4. The fourth-order valence-corrected chi connectivity index (χ4v) is 5.97. The van der Waals surface area contributed by atoms with Crippen molar-refractivity contribution < 1.29 is 33.4 Å². The smallest absolute Gasteiger partial charge is 0.255 e. The number of imide groups is 1. The summed E-state index contributed by atoms with van der Waals surface area (Å²) in [7, 11) is 0. The van der Waals surface area contributed by atoms with Gasteiger partial charge in [0.1, 0.15) is 12.6 Å². The normalized spacial score (nSPS) is 16.6. The van der Waals surface area contributed by atoms with Gasteiger partial charge >= 0.3 is 0 Å². The Labute approximate surface area is 281 Å². The summed E-state index contributed by atoms with van der Waals surface area (Å²) in [4.78, 5) is 54.2. The average Bonchev–Trinajstić information content (AvgIpc) is 3.42. The number of fused-ring (bicyclic) bond motifs is 1. The zero-order chi connectivity index (χ0) is 33.7. The van der Waals surface area contributed by atoms with Crippen LogP contribution in [0.15, 0.2) is 78.9 Å². The van der Waals surface area contributed by atoms with Gasteiger partial charge in [-0.05, 0) is 36.1 Å². The van der Waals surface area contributed by atoms with E-state index in [0.29, 0.717) is 56.3 Å². The third-order valence-electron chi connectivity index (χ3n) is 8.40. The first-order valence-corrected chi connectivity index (χ1v) is 16.5. The molecule has 0 radical (unpaired) electrons. The minimum absolute atomic E-state index is 0.160. The molecule has 3 aromatic rings. The number of piperidine rings is 1. The minimum Gasteiger partial charge on any atom is -0.379 e. The van der Waals surface area contributed by atoms with Crippen molar-refractivity contribution in [2.75, 3.05) is 45.0 Å². The van der Waals surface area contributed by atoms with Crippen LogP contribution in [0.4, 0.5) is 5.69 Å². The molecule has 2 N–H and O–H groups in total. The molecule has 2 unspecified atom stereocenters. The maximum atomic E-state index is 13.2. The average molecular weight is 657 g/mol. The van der Waals surface area contributed by atoms with Crippen molar-refractivity contribution in [3.63, 3.8) is 0 Å². The molecule has 1 saturated heterocycles. The number of anilines is 1. The number of hydrogen-bond donors (Lipinski definition) is 2. The topological polar surface area (TPSA) is 127 Å². The van der Waals surface area contributed by atoms with Crippen molar-refractivity contribution in [3.05, 3.63) is 101 Å². The second-order valence-corrected chi connectivity index (χ2v) is 12.0. The van der Waals surface area contributed by atoms with Crippen LogP contribution in [0.3, 0.4) is 0 Å². The molecule has 2 heterocycles. The monoisotopic (exact) mass is 656 g/mol. The summed E-state index contributed by atoms with van der Waals surface area (Å²) in [5.74, 6) is -1.48. The van der Waals surface area contributed by atoms with Gasteiger partial charge in [0.15, 0.2) is 0 Å². The predicted octanol–water partition coefficient (Wildman–Crippen LogP) is 3.92. The van der Waals surface area contributed by atoms with Crippen LogP contribution in [0.2, 0.25) is 0 Å². The summed E-state index contributed by atoms with van der Waals surface area (Å²) in [6, 6.07) is 24.6. The molecule has 0 aliphatic carbocycles. The number of ether oxygens (including phenoxy) is 3. The summed E-state index contributed by atoms with van der Waals surface area (Å²) in [6.45, 7) is 5.64. The number of amides is 4. The lowest BCUT2D eigenvalue weighted by Gasteiger charge is -2.32. The van der Waals surface area contributed by atoms with Crippen molar-refractivity contribution in [2.45, 2.75) is 57.9 Å². The van der Waals surface area contributed by atoms with Crippen LogP contribution in [0.25, 0.3) is 0 Å². The Morgan fingerprint density at radius 1 is 0.875 bits per heavy atom. The molecule has 2 aliphatic rings. The summed E-state index contributed by atoms with van der Waals surface area (Å²) in [6.07, 6.45) is 1.38. The molecule has 48 heavy (non-hydrogen) atoms. The van der Waals surface area contributed by atoms with Gasteiger partial charge in [-0.2, -0.15) is 0 Å². The molecule has 0 bridgehead atoms. The third-order valence-corrected chi connectivity index (χ3v) is 8.40. The number of hydrogen-bond acceptors (Lipinski definition) is 8. The highest BCUT2D eigenvalue weighted by molar-refractivity contribution is 6.06. The molecule has 4 amide bonds. The van der Waals surface area contributed by atoms with Gasteiger partial charge in [-0.3, -0.25) is 29.4 Å². The van der Waals surface area contributed by atoms with Crippen LogP contribution in [0.5, 0.6) is 0 Å². The van der Waals surface area contributed by atoms with E-state index in [4.69, 9.17) is 14.2 Å². The molecular formula is C37H44N4O7. The highest BCUT2D eigenvalue weighted by atomic mass is 16.5. The van der Waals surface area contributed by atoms with Crippen molar-refractivity contribution in [2.24, 2.45) is 0 Å². The van der Waals surface area contributed by atoms with E-state index < -0.39 is 11.9 Å². The summed E-state index contributed by atoms with van der Waals surface area (Å²) in [5.41, 5.74) is 3.86. The summed E-state index contributed by atoms with van der Waals surface area (Å²) < 4.78 is 17.7. The second kappa shape index (κ2) is 17.7. The van der Waals surface area contributed by atoms with Gasteiger partial charge in [-0.1, -0.05) is 73.7 Å². The lowest BCUT2D eigenvalue weighted by molar-refractivity contribution is -0.137. The van der Waals surface area contributed by atoms with Crippen molar-refractivity contribution in [3.8, 4) is 0 Å². The number of nitrogens with one attached hydrogen (secondary N) is 2. The Bertz CT molecular complexity index is 1490. The molecule has 1 fully saturated rings. The zero-order valence-corrected chi connectivity index (χ0v) is 27.4. The Kier molecular flexibility index (Phi) is 12.8. The summed E-state index contributed by atoms with van der Waals surface area (Å²) >= 11 is 0. The lowest BCUT2D eigenvalue weighted by Crippen LogP contribution is -2.52. The Hall–Kier alpha value is -4.42. The van der Waals surface area contributed by atoms with Gasteiger partial charge in [0.05, 0.1) is 32.5 Å². The second-order valence-electron chi connectivity index (χ2n) is 12.0. The van der Waals surface area contributed by atoms with Crippen LogP contribution >= 0.6 is 0 Å². The molecule has 0 spiro atoms. The molecule has 2 atom stereocenters. The van der Waals surface area contributed by atoms with E-state index in [1.165, 1.54) is 4.90 Å². The molecule has 11 heteroatoms. The van der Waals surface area contributed by atoms with Crippen LogP contribution in [0, 0.1) is 0 Å². The Morgan fingerprint density at radius 3 is 2.21 bits per heavy atom. The standard InChI is InChI=1S/C37H44N4O7/c1-2-18-46-19-20-47-24-29(40(21-27-10-5-3-6-11-27)22-28-12-7-4-8-13-28)25-48-26-35(43)38-32-15-9-14-30-31(32)23-41(37(30)45)33-16-17-34(42)39-36(33)44/h3-15,29,33H,2,16-26H2,1H3,(H,38,43)(H,39,42,44). The first kappa shape index (κ1) is 34.9. The number of rotatable bonds is 18. The highest BCUT2D eigenvalue weighted by Gasteiger charge is 2.40. The van der Waals surface area contributed by atoms with Crippen LogP contribution < -0.4 is 10.6 Å². The van der Waals surface area contributed by atoms with Crippen molar-refractivity contribution >= 4 is 29.3 Å². The van der Waals surface area contributed by atoms with E-state index in [-0.39, 0.29) is 56.4 Å². The first-order chi connectivity index (χ1) is 23.4. The molecule has 2 aliphatic heterocycles. The fourth-order valence-electron chi connectivity index (χ4n) is 5.97. The fraction of sp³-hybridized carbons (Fsp3) is 0.405. The van der Waals surface area contributed by atoms with E-state index in [2.05, 4.69) is 46.7 Å². The molecule has 0 saturated carbocycles. The Morgan fingerprint density at radius 2 is 1.54 bits per heavy atom. The van der Waals surface area contributed by atoms with Gasteiger partial charge in [-0.15, -0.1) is 0 Å². The van der Waals surface area contributed by atoms with Crippen LogP contribution in [0.1, 0.15) is 53.2 Å². The number of nitrogens with zero attached hydrogens (tertiary/aromatic N) is 2. The highest BCUT2D eigenvalue weighted by Crippen LogP contribution is 2.32. The predicted molar refractivity (Wildman–Crippen MR) is 180 cm³/mol. The largest absolute Gasteiger partial charge is 0.379 e. The number of carbonyl (C=O) groups is 4. The number of benzene rings is 3. The summed E-state index contributed by atoms with van der Waals surface area (Å²) in [5, 5.41) is 5.21. The van der Waals surface area contributed by atoms with Gasteiger partial charge in [0.2, 0.25) is 17.7 Å². The van der Waals surface area contributed by atoms with E-state index in [9.17, 15) is 19.2 Å². The van der Waals surface area contributed by atoms with Crippen LogP contribution in [-0.2, 0) is 48.2 Å². The minimum atomic E-state index is -0.735. The van der Waals surface area contributed by atoms with Gasteiger partial charge in [0.25, 0.3) is 5.91 Å². The van der Waals surface area contributed by atoms with Crippen LogP contribution in [-0.4, -0.2) is 85.2 Å². The van der Waals surface area contributed by atoms with Crippen molar-refractivity contribution in [1.82, 2.24) is 15.1 Å². The van der Waals surface area contributed by atoms with E-state index in [1.54, 1.807) is 18.2 Å². The lowest BCUT2D eigenvalue weighted by atomic mass is 10.0. The van der Waals surface area contributed by atoms with Gasteiger partial charge < -0.3 is 24.4 Å². The first-order valence-electron chi connectivity index (χ1n) is 16.5. The molecule has 3 aromatic carbocycles. The molecule has 5 rings (SSSR count). The molecule has 254 valence electrons. The Balaban J connectivity index is 1.22. The van der Waals surface area contributed by atoms with E-state index >= 15 is 0 Å².